The molecule has 0 saturated carbocycles. The monoisotopic (exact) mass is 327 g/mol. The van der Waals surface area contributed by atoms with Gasteiger partial charge in [-0.3, -0.25) is 0 Å². The first-order valence-corrected chi connectivity index (χ1v) is 8.20. The molecule has 2 aromatic rings. The van der Waals surface area contributed by atoms with Crippen molar-refractivity contribution in [2.75, 3.05) is 25.1 Å². The van der Waals surface area contributed by atoms with E-state index in [1.165, 1.54) is 0 Å². The van der Waals surface area contributed by atoms with E-state index in [4.69, 9.17) is 9.47 Å². The highest BCUT2D eigenvalue weighted by Crippen LogP contribution is 2.23. The molecule has 0 radical (unpaired) electrons. The molecule has 0 amide bonds. The van der Waals surface area contributed by atoms with Crippen molar-refractivity contribution in [3.8, 4) is 11.5 Å². The van der Waals surface area contributed by atoms with Crippen LogP contribution in [0.2, 0.25) is 0 Å². The summed E-state index contributed by atoms with van der Waals surface area (Å²) in [4.78, 5) is 0. The largest absolute Gasteiger partial charge is 0.492 e. The van der Waals surface area contributed by atoms with E-state index in [0.717, 1.165) is 29.2 Å². The molecule has 4 nitrogen and oxygen atoms in total. The Morgan fingerprint density at radius 2 is 1.79 bits per heavy atom. The number of hydrogen-bond donors (Lipinski definition) is 2. The number of aliphatic hydroxyl groups excluding tert-OH is 1. The summed E-state index contributed by atoms with van der Waals surface area (Å²) in [7, 11) is 0. The van der Waals surface area contributed by atoms with E-state index in [9.17, 15) is 5.11 Å². The fraction of sp³-hybridized carbons (Fsp3) is 0.300. The van der Waals surface area contributed by atoms with E-state index in [1.54, 1.807) is 0 Å². The number of allylic oxidation sites excluding steroid dienone is 1. The van der Waals surface area contributed by atoms with E-state index in [1.807, 2.05) is 61.5 Å². The fourth-order valence-corrected chi connectivity index (χ4v) is 2.34. The average Bonchev–Trinajstić information content (AvgIpc) is 2.61. The minimum absolute atomic E-state index is 0.220. The lowest BCUT2D eigenvalue weighted by atomic mass is 10.1. The summed E-state index contributed by atoms with van der Waals surface area (Å²) in [5, 5.41) is 13.4. The number of ether oxygens (including phenoxy) is 2. The van der Waals surface area contributed by atoms with Crippen LogP contribution in [-0.4, -0.2) is 31.0 Å². The molecule has 0 spiro atoms. The van der Waals surface area contributed by atoms with Gasteiger partial charge in [-0.05, 0) is 37.1 Å². The molecule has 0 aliphatic heterocycles. The van der Waals surface area contributed by atoms with Gasteiger partial charge in [0.05, 0.1) is 12.3 Å². The molecule has 24 heavy (non-hydrogen) atoms. The fourth-order valence-electron chi connectivity index (χ4n) is 2.34. The predicted octanol–water partition coefficient (Wildman–Crippen LogP) is 3.67. The number of hydrogen-bond acceptors (Lipinski definition) is 4. The minimum atomic E-state index is -0.628. The zero-order valence-corrected chi connectivity index (χ0v) is 14.1. The van der Waals surface area contributed by atoms with Crippen LogP contribution in [0.5, 0.6) is 11.5 Å². The molecule has 4 heteroatoms. The van der Waals surface area contributed by atoms with Gasteiger partial charge in [0.1, 0.15) is 24.2 Å². The van der Waals surface area contributed by atoms with Crippen molar-refractivity contribution < 1.29 is 14.6 Å². The second-order valence-corrected chi connectivity index (χ2v) is 5.38. The third-order valence-electron chi connectivity index (χ3n) is 3.48. The Balaban J connectivity index is 1.86. The van der Waals surface area contributed by atoms with Crippen molar-refractivity contribution in [3.63, 3.8) is 0 Å². The smallest absolute Gasteiger partial charge is 0.142 e. The van der Waals surface area contributed by atoms with Crippen molar-refractivity contribution in [3.05, 3.63) is 66.7 Å². The summed E-state index contributed by atoms with van der Waals surface area (Å²) in [6, 6.07) is 15.5. The Morgan fingerprint density at radius 3 is 2.54 bits per heavy atom. The number of rotatable bonds is 10. The van der Waals surface area contributed by atoms with Crippen LogP contribution in [0.1, 0.15) is 12.5 Å². The van der Waals surface area contributed by atoms with Gasteiger partial charge in [0.25, 0.3) is 0 Å². The van der Waals surface area contributed by atoms with Crippen LogP contribution in [0, 0.1) is 0 Å². The molecule has 0 fully saturated rings. The Kier molecular flexibility index (Phi) is 7.18. The summed E-state index contributed by atoms with van der Waals surface area (Å²) in [5.74, 6) is 1.57. The second-order valence-electron chi connectivity index (χ2n) is 5.38. The van der Waals surface area contributed by atoms with E-state index in [2.05, 4.69) is 11.9 Å². The summed E-state index contributed by atoms with van der Waals surface area (Å²) in [6.07, 6.45) is 1.95. The SMILES string of the molecule is C=CCc1ccccc1OCC(O)CNc1ccccc1OCC. The number of aliphatic hydroxyl groups is 1. The maximum absolute atomic E-state index is 10.2. The van der Waals surface area contributed by atoms with Gasteiger partial charge in [-0.15, -0.1) is 6.58 Å². The Morgan fingerprint density at radius 1 is 1.08 bits per heavy atom. The molecule has 1 atom stereocenters. The first kappa shape index (κ1) is 17.9. The summed E-state index contributed by atoms with van der Waals surface area (Å²) >= 11 is 0. The maximum Gasteiger partial charge on any atom is 0.142 e. The maximum atomic E-state index is 10.2. The average molecular weight is 327 g/mol. The highest BCUT2D eigenvalue weighted by molar-refractivity contribution is 5.56. The molecule has 0 bridgehead atoms. The quantitative estimate of drug-likeness (QED) is 0.654. The highest BCUT2D eigenvalue weighted by atomic mass is 16.5. The van der Waals surface area contributed by atoms with Gasteiger partial charge in [-0.2, -0.15) is 0 Å². The van der Waals surface area contributed by atoms with Crippen LogP contribution < -0.4 is 14.8 Å². The van der Waals surface area contributed by atoms with Gasteiger partial charge in [0.15, 0.2) is 0 Å². The lowest BCUT2D eigenvalue weighted by molar-refractivity contribution is 0.117. The lowest BCUT2D eigenvalue weighted by Crippen LogP contribution is -2.26. The van der Waals surface area contributed by atoms with Crippen molar-refractivity contribution in [1.29, 1.82) is 0 Å². The molecule has 2 rings (SSSR count). The van der Waals surface area contributed by atoms with Gasteiger partial charge < -0.3 is 19.9 Å². The van der Waals surface area contributed by atoms with Crippen molar-refractivity contribution in [1.82, 2.24) is 0 Å². The second kappa shape index (κ2) is 9.63. The Hall–Kier alpha value is -2.46. The first-order chi connectivity index (χ1) is 11.7. The minimum Gasteiger partial charge on any atom is -0.492 e. The molecule has 2 aromatic carbocycles. The molecule has 0 aliphatic carbocycles. The van der Waals surface area contributed by atoms with E-state index in [-0.39, 0.29) is 6.61 Å². The number of benzene rings is 2. The zero-order valence-electron chi connectivity index (χ0n) is 14.1. The van der Waals surface area contributed by atoms with Crippen LogP contribution in [0.4, 0.5) is 5.69 Å². The first-order valence-electron chi connectivity index (χ1n) is 8.20. The third-order valence-corrected chi connectivity index (χ3v) is 3.48. The molecule has 0 heterocycles. The van der Waals surface area contributed by atoms with Crippen LogP contribution >= 0.6 is 0 Å². The molecular weight excluding hydrogens is 302 g/mol. The predicted molar refractivity (Wildman–Crippen MR) is 97.9 cm³/mol. The zero-order chi connectivity index (χ0) is 17.2. The topological polar surface area (TPSA) is 50.7 Å². The molecule has 0 saturated heterocycles. The summed E-state index contributed by atoms with van der Waals surface area (Å²) < 4.78 is 11.3. The third kappa shape index (κ3) is 5.32. The number of nitrogens with one attached hydrogen (secondary N) is 1. The summed E-state index contributed by atoms with van der Waals surface area (Å²) in [5.41, 5.74) is 1.93. The van der Waals surface area contributed by atoms with E-state index < -0.39 is 6.10 Å². The van der Waals surface area contributed by atoms with Crippen LogP contribution in [0.3, 0.4) is 0 Å². The van der Waals surface area contributed by atoms with Gasteiger partial charge in [0, 0.05) is 6.54 Å². The summed E-state index contributed by atoms with van der Waals surface area (Å²) in [6.45, 7) is 6.90. The van der Waals surface area contributed by atoms with Gasteiger partial charge in [-0.25, -0.2) is 0 Å². The van der Waals surface area contributed by atoms with Crippen LogP contribution in [-0.2, 0) is 6.42 Å². The normalized spacial score (nSPS) is 11.6. The van der Waals surface area contributed by atoms with Gasteiger partial charge in [0.2, 0.25) is 0 Å². The Bertz CT molecular complexity index is 642. The van der Waals surface area contributed by atoms with Crippen LogP contribution in [0.25, 0.3) is 0 Å². The van der Waals surface area contributed by atoms with Gasteiger partial charge in [-0.1, -0.05) is 36.4 Å². The lowest BCUT2D eigenvalue weighted by Gasteiger charge is -2.17. The molecule has 128 valence electrons. The molecule has 0 aliphatic rings. The van der Waals surface area contributed by atoms with Crippen molar-refractivity contribution in [2.45, 2.75) is 19.4 Å². The van der Waals surface area contributed by atoms with Gasteiger partial charge >= 0.3 is 0 Å². The molecular formula is C20H25NO3. The Labute approximate surface area is 143 Å². The van der Waals surface area contributed by atoms with Crippen molar-refractivity contribution >= 4 is 5.69 Å². The molecule has 1 unspecified atom stereocenters. The molecule has 0 aromatic heterocycles. The number of anilines is 1. The van der Waals surface area contributed by atoms with E-state index >= 15 is 0 Å². The van der Waals surface area contributed by atoms with E-state index in [0.29, 0.717) is 13.2 Å². The molecule has 2 N–H and O–H groups in total. The van der Waals surface area contributed by atoms with Crippen LogP contribution in [0.15, 0.2) is 61.2 Å². The van der Waals surface area contributed by atoms with Crippen molar-refractivity contribution in [2.24, 2.45) is 0 Å². The standard InChI is InChI=1S/C20H25NO3/c1-3-9-16-10-5-7-12-19(16)24-15-17(22)14-21-18-11-6-8-13-20(18)23-4-2/h3,5-8,10-13,17,21-22H,1,4,9,14-15H2,2H3. The number of para-hydroxylation sites is 3. The highest BCUT2D eigenvalue weighted by Gasteiger charge is 2.09.